The molecule has 0 aromatic carbocycles. The van der Waals surface area contributed by atoms with Crippen molar-refractivity contribution in [3.63, 3.8) is 0 Å². The molecule has 5 heteroatoms. The van der Waals surface area contributed by atoms with Gasteiger partial charge in [0.1, 0.15) is 5.82 Å². The first-order valence-electron chi connectivity index (χ1n) is 4.94. The van der Waals surface area contributed by atoms with Crippen LogP contribution in [0.3, 0.4) is 0 Å². The second-order valence-corrected chi connectivity index (χ2v) is 3.98. The summed E-state index contributed by atoms with van der Waals surface area (Å²) in [5.41, 5.74) is 5.54. The minimum atomic E-state index is 0.0577. The minimum absolute atomic E-state index is 0.0577. The number of hydrogen-bond donors (Lipinski definition) is 2. The Morgan fingerprint density at radius 3 is 2.79 bits per heavy atom. The van der Waals surface area contributed by atoms with E-state index in [9.17, 15) is 0 Å². The predicted molar refractivity (Wildman–Crippen MR) is 51.7 cm³/mol. The summed E-state index contributed by atoms with van der Waals surface area (Å²) in [4.78, 5) is 4.38. The smallest absolute Gasteiger partial charge is 0.156 e. The number of nitrogens with two attached hydrogens (primary N) is 1. The molecule has 0 unspecified atom stereocenters. The van der Waals surface area contributed by atoms with E-state index in [0.717, 1.165) is 37.7 Å². The van der Waals surface area contributed by atoms with Gasteiger partial charge in [0, 0.05) is 18.6 Å². The Balaban J connectivity index is 2.19. The molecular weight excluding hydrogens is 180 g/mol. The molecule has 0 spiro atoms. The maximum atomic E-state index is 5.48. The van der Waals surface area contributed by atoms with Crippen LogP contribution in [0.25, 0.3) is 0 Å². The Morgan fingerprint density at radius 1 is 1.50 bits per heavy atom. The number of aromatic nitrogens is 3. The third kappa shape index (κ3) is 1.65. The highest BCUT2D eigenvalue weighted by atomic mass is 16.5. The maximum Gasteiger partial charge on any atom is 0.156 e. The van der Waals surface area contributed by atoms with E-state index in [4.69, 9.17) is 10.5 Å². The van der Waals surface area contributed by atoms with E-state index in [1.54, 1.807) is 0 Å². The van der Waals surface area contributed by atoms with Crippen LogP contribution in [0.5, 0.6) is 0 Å². The molecule has 14 heavy (non-hydrogen) atoms. The number of hydrogen-bond acceptors (Lipinski definition) is 4. The van der Waals surface area contributed by atoms with Gasteiger partial charge in [0.05, 0.1) is 6.54 Å². The van der Waals surface area contributed by atoms with Gasteiger partial charge in [0.15, 0.2) is 5.82 Å². The molecule has 0 atom stereocenters. The van der Waals surface area contributed by atoms with Gasteiger partial charge >= 0.3 is 0 Å². The first kappa shape index (κ1) is 9.61. The zero-order chi connectivity index (χ0) is 10.0. The Kier molecular flexibility index (Phi) is 2.52. The number of ether oxygens (including phenoxy) is 1. The van der Waals surface area contributed by atoms with Gasteiger partial charge in [-0.15, -0.1) is 0 Å². The summed E-state index contributed by atoms with van der Waals surface area (Å²) < 4.78 is 5.33. The first-order valence-corrected chi connectivity index (χ1v) is 4.94. The molecule has 0 bridgehead atoms. The molecule has 0 radical (unpaired) electrons. The third-order valence-electron chi connectivity index (χ3n) is 2.86. The van der Waals surface area contributed by atoms with E-state index < -0.39 is 0 Å². The van der Waals surface area contributed by atoms with Gasteiger partial charge in [-0.2, -0.15) is 5.10 Å². The number of nitrogens with zero attached hydrogens (tertiary/aromatic N) is 2. The zero-order valence-corrected chi connectivity index (χ0v) is 8.42. The molecule has 2 rings (SSSR count). The molecule has 0 aliphatic carbocycles. The molecule has 3 N–H and O–H groups in total. The van der Waals surface area contributed by atoms with E-state index in [1.807, 2.05) is 0 Å². The van der Waals surface area contributed by atoms with Crippen LogP contribution >= 0.6 is 0 Å². The molecule has 1 fully saturated rings. The summed E-state index contributed by atoms with van der Waals surface area (Å²) in [6.07, 6.45) is 1.96. The van der Waals surface area contributed by atoms with Gasteiger partial charge in [-0.3, -0.25) is 5.10 Å². The fourth-order valence-corrected chi connectivity index (χ4v) is 1.70. The lowest BCUT2D eigenvalue weighted by Crippen LogP contribution is -2.31. The van der Waals surface area contributed by atoms with Crippen molar-refractivity contribution < 1.29 is 4.74 Å². The lowest BCUT2D eigenvalue weighted by Gasteiger charge is -2.30. The van der Waals surface area contributed by atoms with Gasteiger partial charge in [-0.1, -0.05) is 6.92 Å². The van der Waals surface area contributed by atoms with Gasteiger partial charge < -0.3 is 10.5 Å². The Hall–Kier alpha value is -0.940. The van der Waals surface area contributed by atoms with Crippen molar-refractivity contribution in [1.29, 1.82) is 0 Å². The monoisotopic (exact) mass is 196 g/mol. The van der Waals surface area contributed by atoms with E-state index in [-0.39, 0.29) is 5.41 Å². The van der Waals surface area contributed by atoms with Gasteiger partial charge in [-0.25, -0.2) is 4.98 Å². The summed E-state index contributed by atoms with van der Waals surface area (Å²) in [6.45, 7) is 4.19. The molecule has 1 aliphatic heterocycles. The largest absolute Gasteiger partial charge is 0.381 e. The van der Waals surface area contributed by atoms with Crippen molar-refractivity contribution >= 4 is 0 Å². The van der Waals surface area contributed by atoms with E-state index in [2.05, 4.69) is 22.1 Å². The molecule has 0 amide bonds. The second kappa shape index (κ2) is 3.67. The fourth-order valence-electron chi connectivity index (χ4n) is 1.70. The molecule has 1 aromatic heterocycles. The zero-order valence-electron chi connectivity index (χ0n) is 8.42. The average Bonchev–Trinajstić information content (AvgIpc) is 2.67. The molecule has 1 saturated heterocycles. The average molecular weight is 196 g/mol. The molecule has 78 valence electrons. The number of rotatable bonds is 2. The fraction of sp³-hybridized carbons (Fsp3) is 0.778. The highest BCUT2D eigenvalue weighted by Crippen LogP contribution is 2.31. The summed E-state index contributed by atoms with van der Waals surface area (Å²) in [6, 6.07) is 0. The molecule has 1 aliphatic rings. The highest BCUT2D eigenvalue weighted by Gasteiger charge is 2.33. The van der Waals surface area contributed by atoms with Gasteiger partial charge in [0.25, 0.3) is 0 Å². The Labute approximate surface area is 83.1 Å². The summed E-state index contributed by atoms with van der Waals surface area (Å²) in [5, 5.41) is 7.06. The second-order valence-electron chi connectivity index (χ2n) is 3.98. The van der Waals surface area contributed by atoms with Crippen LogP contribution in [0.4, 0.5) is 0 Å². The standard InChI is InChI=1S/C9H16N4O/c1-9(2-4-14-5-3-9)8-11-7(6-10)12-13-8/h2-6,10H2,1H3,(H,11,12,13). The number of aromatic amines is 1. The molecule has 0 saturated carbocycles. The van der Waals surface area contributed by atoms with Crippen molar-refractivity contribution in [3.05, 3.63) is 11.6 Å². The van der Waals surface area contributed by atoms with E-state index in [1.165, 1.54) is 0 Å². The summed E-state index contributed by atoms with van der Waals surface area (Å²) >= 11 is 0. The lowest BCUT2D eigenvalue weighted by molar-refractivity contribution is 0.0536. The van der Waals surface area contributed by atoms with Crippen LogP contribution in [0.15, 0.2) is 0 Å². The first-order chi connectivity index (χ1) is 6.74. The van der Waals surface area contributed by atoms with Crippen molar-refractivity contribution in [1.82, 2.24) is 15.2 Å². The van der Waals surface area contributed by atoms with Crippen LogP contribution in [0.1, 0.15) is 31.4 Å². The summed E-state index contributed by atoms with van der Waals surface area (Å²) in [7, 11) is 0. The summed E-state index contributed by atoms with van der Waals surface area (Å²) in [5.74, 6) is 1.63. The maximum absolute atomic E-state index is 5.48. The van der Waals surface area contributed by atoms with Crippen LogP contribution < -0.4 is 5.73 Å². The van der Waals surface area contributed by atoms with Crippen LogP contribution in [0.2, 0.25) is 0 Å². The van der Waals surface area contributed by atoms with E-state index in [0.29, 0.717) is 6.54 Å². The van der Waals surface area contributed by atoms with Gasteiger partial charge in [-0.05, 0) is 12.8 Å². The third-order valence-corrected chi connectivity index (χ3v) is 2.86. The van der Waals surface area contributed by atoms with Crippen molar-refractivity contribution in [3.8, 4) is 0 Å². The molecular formula is C9H16N4O. The highest BCUT2D eigenvalue weighted by molar-refractivity contribution is 5.07. The number of nitrogens with one attached hydrogen (secondary N) is 1. The molecule has 5 nitrogen and oxygen atoms in total. The lowest BCUT2D eigenvalue weighted by atomic mass is 9.82. The van der Waals surface area contributed by atoms with E-state index >= 15 is 0 Å². The van der Waals surface area contributed by atoms with Crippen molar-refractivity contribution in [2.45, 2.75) is 31.7 Å². The SMILES string of the molecule is CC1(c2n[nH]c(CN)n2)CCOCC1. The number of H-pyrrole nitrogens is 1. The molecule has 1 aromatic rings. The normalized spacial score (nSPS) is 21.0. The molecule has 2 heterocycles. The predicted octanol–water partition coefficient (Wildman–Crippen LogP) is 0.331. The van der Waals surface area contributed by atoms with Crippen LogP contribution in [-0.2, 0) is 16.7 Å². The Bertz CT molecular complexity index is 304. The quantitative estimate of drug-likeness (QED) is 0.714. The van der Waals surface area contributed by atoms with Gasteiger partial charge in [0.2, 0.25) is 0 Å². The minimum Gasteiger partial charge on any atom is -0.381 e. The Morgan fingerprint density at radius 2 is 2.21 bits per heavy atom. The van der Waals surface area contributed by atoms with Crippen molar-refractivity contribution in [2.24, 2.45) is 5.73 Å². The van der Waals surface area contributed by atoms with Crippen molar-refractivity contribution in [2.75, 3.05) is 13.2 Å². The van der Waals surface area contributed by atoms with Crippen LogP contribution in [-0.4, -0.2) is 28.4 Å². The topological polar surface area (TPSA) is 76.8 Å². The van der Waals surface area contributed by atoms with Crippen LogP contribution in [0, 0.1) is 0 Å².